The molecule has 2 aromatic heterocycles. The van der Waals surface area contributed by atoms with Gasteiger partial charge in [-0.1, -0.05) is 6.07 Å². The second kappa shape index (κ2) is 8.62. The molecule has 1 saturated heterocycles. The summed E-state index contributed by atoms with van der Waals surface area (Å²) in [5, 5.41) is 4.16. The predicted octanol–water partition coefficient (Wildman–Crippen LogP) is 2.27. The number of fused-ring (bicyclic) bond motifs is 1. The Morgan fingerprint density at radius 3 is 2.53 bits per heavy atom. The first-order chi connectivity index (χ1) is 14.5. The lowest BCUT2D eigenvalue weighted by Crippen LogP contribution is -2.51. The van der Waals surface area contributed by atoms with Gasteiger partial charge in [-0.3, -0.25) is 4.79 Å². The quantitative estimate of drug-likeness (QED) is 0.696. The van der Waals surface area contributed by atoms with Gasteiger partial charge in [-0.25, -0.2) is 15.0 Å². The maximum Gasteiger partial charge on any atom is 0.244 e. The van der Waals surface area contributed by atoms with Gasteiger partial charge < -0.3 is 19.9 Å². The maximum atomic E-state index is 12.9. The standard InChI is InChI=1S/C22H26N6O2/c1-15(22(29)28-10-8-27(2)9-11-28)26-21-18-12-16(4-6-19(18)24-14-25-21)17-5-7-20(30-3)23-13-17/h4-7,12-15H,8-11H2,1-3H3,(H,24,25,26). The molecule has 0 saturated carbocycles. The van der Waals surface area contributed by atoms with Gasteiger partial charge in [0.1, 0.15) is 18.2 Å². The molecule has 30 heavy (non-hydrogen) atoms. The molecule has 3 heterocycles. The molecular formula is C22H26N6O2. The van der Waals surface area contributed by atoms with Gasteiger partial charge in [0.05, 0.1) is 12.6 Å². The van der Waals surface area contributed by atoms with Crippen LogP contribution in [0.5, 0.6) is 5.88 Å². The Labute approximate surface area is 175 Å². The van der Waals surface area contributed by atoms with Crippen LogP contribution in [-0.2, 0) is 4.79 Å². The van der Waals surface area contributed by atoms with Crippen molar-refractivity contribution in [1.82, 2.24) is 24.8 Å². The molecule has 3 aromatic rings. The van der Waals surface area contributed by atoms with Gasteiger partial charge in [0.15, 0.2) is 0 Å². The Morgan fingerprint density at radius 1 is 1.07 bits per heavy atom. The van der Waals surface area contributed by atoms with Crippen molar-refractivity contribution in [3.8, 4) is 17.0 Å². The lowest BCUT2D eigenvalue weighted by Gasteiger charge is -2.34. The van der Waals surface area contributed by atoms with Crippen LogP contribution in [0.15, 0.2) is 42.9 Å². The van der Waals surface area contributed by atoms with Crippen molar-refractivity contribution in [3.63, 3.8) is 0 Å². The van der Waals surface area contributed by atoms with E-state index in [1.807, 2.05) is 42.2 Å². The molecule has 0 bridgehead atoms. The topological polar surface area (TPSA) is 83.5 Å². The van der Waals surface area contributed by atoms with Crippen molar-refractivity contribution in [2.24, 2.45) is 0 Å². The number of aromatic nitrogens is 3. The molecule has 0 radical (unpaired) electrons. The number of pyridine rings is 1. The molecule has 4 rings (SSSR count). The fourth-order valence-corrected chi connectivity index (χ4v) is 3.59. The van der Waals surface area contributed by atoms with Crippen LogP contribution in [0.1, 0.15) is 6.92 Å². The number of nitrogens with zero attached hydrogens (tertiary/aromatic N) is 5. The maximum absolute atomic E-state index is 12.9. The van der Waals surface area contributed by atoms with E-state index in [0.717, 1.165) is 48.2 Å². The van der Waals surface area contributed by atoms with Gasteiger partial charge in [0.25, 0.3) is 0 Å². The van der Waals surface area contributed by atoms with Crippen LogP contribution in [0.3, 0.4) is 0 Å². The number of amides is 1. The Hall–Kier alpha value is -3.26. The summed E-state index contributed by atoms with van der Waals surface area (Å²) in [5.74, 6) is 1.31. The normalized spacial score (nSPS) is 15.8. The lowest BCUT2D eigenvalue weighted by molar-refractivity contribution is -0.133. The van der Waals surface area contributed by atoms with Gasteiger partial charge in [0, 0.05) is 49.4 Å². The molecule has 1 amide bonds. The molecule has 0 spiro atoms. The Bertz CT molecular complexity index is 1030. The average molecular weight is 406 g/mol. The number of anilines is 1. The van der Waals surface area contributed by atoms with E-state index in [1.165, 1.54) is 6.33 Å². The molecule has 1 aromatic carbocycles. The summed E-state index contributed by atoms with van der Waals surface area (Å²) in [6, 6.07) is 9.39. The molecule has 0 aliphatic carbocycles. The Balaban J connectivity index is 1.58. The fraction of sp³-hybridized carbons (Fsp3) is 0.364. The second-order valence-electron chi connectivity index (χ2n) is 7.54. The van der Waals surface area contributed by atoms with Crippen LogP contribution in [-0.4, -0.2) is 77.0 Å². The number of likely N-dealkylation sites (N-methyl/N-ethyl adjacent to an activating group) is 1. The number of carbonyl (C=O) groups excluding carboxylic acids is 1. The predicted molar refractivity (Wildman–Crippen MR) is 116 cm³/mol. The third-order valence-corrected chi connectivity index (χ3v) is 5.45. The van der Waals surface area contributed by atoms with Crippen LogP contribution in [0, 0.1) is 0 Å². The van der Waals surface area contributed by atoms with Crippen LogP contribution in [0.25, 0.3) is 22.0 Å². The number of benzene rings is 1. The van der Waals surface area contributed by atoms with E-state index in [9.17, 15) is 4.79 Å². The highest BCUT2D eigenvalue weighted by molar-refractivity contribution is 5.94. The number of piperazine rings is 1. The van der Waals surface area contributed by atoms with E-state index in [4.69, 9.17) is 4.74 Å². The van der Waals surface area contributed by atoms with Gasteiger partial charge in [-0.2, -0.15) is 0 Å². The van der Waals surface area contributed by atoms with Crippen LogP contribution in [0.4, 0.5) is 5.82 Å². The fourth-order valence-electron chi connectivity index (χ4n) is 3.59. The highest BCUT2D eigenvalue weighted by Crippen LogP contribution is 2.27. The summed E-state index contributed by atoms with van der Waals surface area (Å²) in [6.07, 6.45) is 3.29. The first-order valence-electron chi connectivity index (χ1n) is 10.0. The van der Waals surface area contributed by atoms with Crippen LogP contribution < -0.4 is 10.1 Å². The minimum atomic E-state index is -0.377. The molecule has 1 atom stereocenters. The number of rotatable bonds is 5. The smallest absolute Gasteiger partial charge is 0.244 e. The minimum Gasteiger partial charge on any atom is -0.481 e. The molecule has 156 valence electrons. The van der Waals surface area contributed by atoms with Gasteiger partial charge in [0.2, 0.25) is 11.8 Å². The number of methoxy groups -OCH3 is 1. The first kappa shape index (κ1) is 20.0. The van der Waals surface area contributed by atoms with Crippen LogP contribution in [0.2, 0.25) is 0 Å². The Kier molecular flexibility index (Phi) is 5.76. The van der Waals surface area contributed by atoms with Crippen molar-refractivity contribution in [2.45, 2.75) is 13.0 Å². The summed E-state index contributed by atoms with van der Waals surface area (Å²) < 4.78 is 5.14. The second-order valence-corrected chi connectivity index (χ2v) is 7.54. The highest BCUT2D eigenvalue weighted by atomic mass is 16.5. The average Bonchev–Trinajstić information content (AvgIpc) is 2.79. The molecule has 1 aliphatic rings. The first-order valence-corrected chi connectivity index (χ1v) is 10.0. The molecular weight excluding hydrogens is 380 g/mol. The number of ether oxygens (including phenoxy) is 1. The zero-order valence-electron chi connectivity index (χ0n) is 17.5. The van der Waals surface area contributed by atoms with E-state index < -0.39 is 0 Å². The highest BCUT2D eigenvalue weighted by Gasteiger charge is 2.24. The number of hydrogen-bond donors (Lipinski definition) is 1. The summed E-state index contributed by atoms with van der Waals surface area (Å²) in [4.78, 5) is 30.1. The van der Waals surface area contributed by atoms with Gasteiger partial charge >= 0.3 is 0 Å². The molecule has 8 heteroatoms. The van der Waals surface area contributed by atoms with Crippen molar-refractivity contribution in [1.29, 1.82) is 0 Å². The zero-order valence-corrected chi connectivity index (χ0v) is 17.5. The largest absolute Gasteiger partial charge is 0.481 e. The van der Waals surface area contributed by atoms with Crippen molar-refractivity contribution >= 4 is 22.6 Å². The summed E-state index contributed by atoms with van der Waals surface area (Å²) in [7, 11) is 3.67. The number of carbonyl (C=O) groups is 1. The molecule has 8 nitrogen and oxygen atoms in total. The van der Waals surface area contributed by atoms with Crippen LogP contribution >= 0.6 is 0 Å². The van der Waals surface area contributed by atoms with E-state index in [2.05, 4.69) is 32.2 Å². The summed E-state index contributed by atoms with van der Waals surface area (Å²) >= 11 is 0. The third kappa shape index (κ3) is 4.18. The van der Waals surface area contributed by atoms with Crippen molar-refractivity contribution in [2.75, 3.05) is 45.7 Å². The Morgan fingerprint density at radius 2 is 1.83 bits per heavy atom. The summed E-state index contributed by atoms with van der Waals surface area (Å²) in [5.41, 5.74) is 2.78. The number of nitrogens with one attached hydrogen (secondary N) is 1. The zero-order chi connectivity index (χ0) is 21.1. The van der Waals surface area contributed by atoms with E-state index in [-0.39, 0.29) is 11.9 Å². The molecule has 1 unspecified atom stereocenters. The number of hydrogen-bond acceptors (Lipinski definition) is 7. The van der Waals surface area contributed by atoms with Crippen molar-refractivity contribution < 1.29 is 9.53 Å². The van der Waals surface area contributed by atoms with Gasteiger partial charge in [-0.15, -0.1) is 0 Å². The van der Waals surface area contributed by atoms with Crippen molar-refractivity contribution in [3.05, 3.63) is 42.9 Å². The minimum absolute atomic E-state index is 0.0883. The molecule has 1 aliphatic heterocycles. The molecule has 1 fully saturated rings. The van der Waals surface area contributed by atoms with Gasteiger partial charge in [-0.05, 0) is 37.7 Å². The molecule has 1 N–H and O–H groups in total. The van der Waals surface area contributed by atoms with E-state index >= 15 is 0 Å². The van der Waals surface area contributed by atoms with E-state index in [1.54, 1.807) is 13.3 Å². The SMILES string of the molecule is COc1ccc(-c2ccc3ncnc(NC(C)C(=O)N4CCN(C)CC4)c3c2)cn1. The third-order valence-electron chi connectivity index (χ3n) is 5.45. The summed E-state index contributed by atoms with van der Waals surface area (Å²) in [6.45, 7) is 5.18. The van der Waals surface area contributed by atoms with E-state index in [0.29, 0.717) is 11.7 Å². The lowest BCUT2D eigenvalue weighted by atomic mass is 10.0. The monoisotopic (exact) mass is 406 g/mol.